The second-order valence-electron chi connectivity index (χ2n) is 11.9. The minimum Gasteiger partial charge on any atom is -0.469 e. The Hall–Kier alpha value is -3.72. The van der Waals surface area contributed by atoms with E-state index in [1.807, 2.05) is 48.5 Å². The molecule has 0 saturated heterocycles. The third-order valence-corrected chi connectivity index (χ3v) is 11.5. The number of fused-ring (bicyclic) bond motifs is 8. The van der Waals surface area contributed by atoms with Crippen LogP contribution in [0.4, 0.5) is 0 Å². The molecule has 0 spiro atoms. The Morgan fingerprint density at radius 1 is 0.610 bits per heavy atom. The lowest BCUT2D eigenvalue weighted by Crippen LogP contribution is -3.06. The van der Waals surface area contributed by atoms with E-state index in [4.69, 9.17) is 23.7 Å². The predicted molar refractivity (Wildman–Crippen MR) is 142 cm³/mol. The van der Waals surface area contributed by atoms with Crippen molar-refractivity contribution in [3.63, 3.8) is 0 Å². The molecule has 0 N–H and O–H groups in total. The zero-order valence-electron chi connectivity index (χ0n) is 23.8. The number of rotatable bonds is 7. The van der Waals surface area contributed by atoms with Gasteiger partial charge in [0, 0.05) is 29.1 Å². The second kappa shape index (κ2) is 7.97. The highest BCUT2D eigenvalue weighted by Crippen LogP contribution is 3.06. The van der Waals surface area contributed by atoms with E-state index in [-0.39, 0.29) is 0 Å². The van der Waals surface area contributed by atoms with E-state index in [9.17, 15) is 19.2 Å². The largest absolute Gasteiger partial charge is 0.469 e. The van der Waals surface area contributed by atoms with Crippen molar-refractivity contribution in [2.24, 2.45) is 22.2 Å². The van der Waals surface area contributed by atoms with Crippen molar-refractivity contribution in [1.82, 2.24) is 0 Å². The highest BCUT2D eigenvalue weighted by Gasteiger charge is 3.13. The van der Waals surface area contributed by atoms with E-state index in [0.29, 0.717) is 0 Å². The first kappa shape index (κ1) is 26.2. The first-order chi connectivity index (χ1) is 19.7. The fourth-order valence-corrected chi connectivity index (χ4v) is 11.0. The number of benzene rings is 2. The van der Waals surface area contributed by atoms with Crippen LogP contribution in [0.5, 0.6) is 0 Å². The average molecular weight is 561 g/mol. The van der Waals surface area contributed by atoms with Crippen molar-refractivity contribution in [3.8, 4) is 0 Å². The Morgan fingerprint density at radius 3 is 1.46 bits per heavy atom. The van der Waals surface area contributed by atoms with E-state index in [2.05, 4.69) is 0 Å². The summed E-state index contributed by atoms with van der Waals surface area (Å²) < 4.78 is 28.4. The van der Waals surface area contributed by atoms with Gasteiger partial charge in [-0.05, 0) is 29.2 Å². The molecule has 9 heteroatoms. The van der Waals surface area contributed by atoms with Gasteiger partial charge in [-0.2, -0.15) is 0 Å². The lowest BCUT2D eigenvalue weighted by Gasteiger charge is -2.99. The van der Waals surface area contributed by atoms with Gasteiger partial charge in [-0.15, -0.1) is 0 Å². The van der Waals surface area contributed by atoms with Crippen molar-refractivity contribution in [3.05, 3.63) is 70.8 Å². The molecular weight excluding hydrogens is 528 g/mol. The van der Waals surface area contributed by atoms with Crippen LogP contribution in [0, 0.1) is 22.2 Å². The summed E-state index contributed by atoms with van der Waals surface area (Å²) in [6.45, 7) is 3.27. The Kier molecular flexibility index (Phi) is 5.09. The summed E-state index contributed by atoms with van der Waals surface area (Å²) in [5.74, 6) is -5.21. The monoisotopic (exact) mass is 560 g/mol. The normalized spacial score (nSPS) is 38.7. The van der Waals surface area contributed by atoms with Gasteiger partial charge >= 0.3 is 23.9 Å². The number of esters is 4. The molecule has 0 aliphatic heterocycles. The predicted octanol–water partition coefficient (Wildman–Crippen LogP) is 3.22. The number of carbonyl (C=O) groups excluding carboxylic acids is 4. The molecule has 5 aliphatic rings. The van der Waals surface area contributed by atoms with Crippen LogP contribution in [0.3, 0.4) is 0 Å². The van der Waals surface area contributed by atoms with E-state index in [0.717, 1.165) is 22.3 Å². The molecule has 0 radical (unpaired) electrons. The average Bonchev–Trinajstić information content (AvgIpc) is 2.97. The molecule has 0 unspecified atom stereocenters. The van der Waals surface area contributed by atoms with Crippen LogP contribution in [0.2, 0.25) is 0 Å². The molecule has 41 heavy (non-hydrogen) atoms. The molecule has 0 heterocycles. The van der Waals surface area contributed by atoms with Crippen molar-refractivity contribution >= 4 is 23.9 Å². The van der Waals surface area contributed by atoms with Crippen LogP contribution in [0.25, 0.3) is 0 Å². The van der Waals surface area contributed by atoms with Crippen molar-refractivity contribution in [1.29, 1.82) is 0 Å². The summed E-state index contributed by atoms with van der Waals surface area (Å²) in [6, 6.07) is 15.8. The van der Waals surface area contributed by atoms with Gasteiger partial charge in [0.05, 0.1) is 34.4 Å². The van der Waals surface area contributed by atoms with Crippen LogP contribution in [0.15, 0.2) is 48.5 Å². The van der Waals surface area contributed by atoms with Gasteiger partial charge in [0.2, 0.25) is 0 Å². The summed E-state index contributed by atoms with van der Waals surface area (Å²) in [4.78, 5) is 55.5. The molecule has 2 aromatic carbocycles. The number of methoxy groups -OCH3 is 4. The zero-order valence-corrected chi connectivity index (χ0v) is 23.8. The molecule has 10 atom stereocenters. The lowest BCUT2D eigenvalue weighted by atomic mass is 9.01. The number of carbonyl (C=O) groups is 4. The summed E-state index contributed by atoms with van der Waals surface area (Å²) in [7, 11) is 5.18. The molecular formula is C32H32O9. The minimum atomic E-state index is -1.55. The van der Waals surface area contributed by atoms with Crippen molar-refractivity contribution in [2.45, 2.75) is 49.2 Å². The molecule has 0 aromatic heterocycles. The molecule has 3 saturated carbocycles. The highest BCUT2D eigenvalue weighted by molar-refractivity contribution is 6.04. The molecule has 7 rings (SSSR count). The maximum absolute atomic E-state index is 14.5. The summed E-state index contributed by atoms with van der Waals surface area (Å²) in [6.07, 6.45) is -1.12. The van der Waals surface area contributed by atoms with E-state index >= 15 is 0 Å². The number of hydrogen-bond acceptors (Lipinski definition) is 9. The minimum absolute atomic E-state index is 0.435. The van der Waals surface area contributed by atoms with Crippen molar-refractivity contribution < 1.29 is 42.9 Å². The maximum atomic E-state index is 14.5. The van der Waals surface area contributed by atoms with Gasteiger partial charge in [-0.1, -0.05) is 55.5 Å². The second-order valence-corrected chi connectivity index (χ2v) is 11.9. The fraction of sp³-hybridized carbons (Fsp3) is 0.500. The topological polar surface area (TPSA) is 114 Å². The Labute approximate surface area is 237 Å². The van der Waals surface area contributed by atoms with Crippen LogP contribution < -0.4 is 0 Å². The van der Waals surface area contributed by atoms with Gasteiger partial charge in [0.15, 0.2) is 6.10 Å². The van der Waals surface area contributed by atoms with Gasteiger partial charge in [-0.25, -0.2) is 4.79 Å². The Morgan fingerprint density at radius 2 is 1.02 bits per heavy atom. The molecule has 9 nitrogen and oxygen atoms in total. The molecule has 3 fully saturated rings. The molecule has 214 valence electrons. The van der Waals surface area contributed by atoms with E-state index < -0.39 is 81.4 Å². The lowest BCUT2D eigenvalue weighted by molar-refractivity contribution is -0.507. The molecule has 5 aliphatic carbocycles. The van der Waals surface area contributed by atoms with Gasteiger partial charge in [0.25, 0.3) is 0 Å². The van der Waals surface area contributed by atoms with Crippen LogP contribution in [-0.2, 0) is 42.9 Å². The first-order valence-electron chi connectivity index (χ1n) is 13.9. The smallest absolute Gasteiger partial charge is 0.334 e. The van der Waals surface area contributed by atoms with E-state index in [1.54, 1.807) is 13.8 Å². The third kappa shape index (κ3) is 2.14. The van der Waals surface area contributed by atoms with Crippen LogP contribution in [-0.4, -0.2) is 64.0 Å². The molecule has 0 amide bonds. The molecule has 0 bridgehead atoms. The number of hydrogen-bond donors (Lipinski definition) is 0. The zero-order chi connectivity index (χ0) is 29.3. The molecule has 2 aromatic rings. The standard InChI is InChI=1S/C32H32O9/c1-15(25(33)37-3)29-21-17-11-7-8-12-18(17)23-24-20-14-10-9-13-19(20)22(21)30(29,27(35)39-5)32(24,31(23,29)28(36)40-6)41-16(2)26(34)38-4/h7-16,21-24H,1-6H3/t15-,16+,21-,22+,23+,24-,29-,30-,31+,32+/m0/s1. The number of ether oxygens (including phenoxy) is 5. The van der Waals surface area contributed by atoms with Crippen LogP contribution >= 0.6 is 0 Å². The van der Waals surface area contributed by atoms with Gasteiger partial charge < -0.3 is 23.7 Å². The Balaban J connectivity index is 1.67. The highest BCUT2D eigenvalue weighted by atomic mass is 16.6. The summed E-state index contributed by atoms with van der Waals surface area (Å²) in [5.41, 5.74) is -1.98. The van der Waals surface area contributed by atoms with E-state index in [1.165, 1.54) is 28.4 Å². The quantitative estimate of drug-likeness (QED) is 0.372. The van der Waals surface area contributed by atoms with Gasteiger partial charge in [0.1, 0.15) is 16.4 Å². The van der Waals surface area contributed by atoms with Gasteiger partial charge in [-0.3, -0.25) is 14.4 Å². The fourth-order valence-electron chi connectivity index (χ4n) is 11.0. The first-order valence-corrected chi connectivity index (χ1v) is 13.9. The van der Waals surface area contributed by atoms with Crippen molar-refractivity contribution in [2.75, 3.05) is 28.4 Å². The van der Waals surface area contributed by atoms with Crippen LogP contribution in [0.1, 0.15) is 59.8 Å². The maximum Gasteiger partial charge on any atom is 0.334 e. The summed E-state index contributed by atoms with van der Waals surface area (Å²) in [5, 5.41) is 0. The SMILES string of the molecule is COC(=O)[C@@H](C)O[C@@]12[C@H]3c4ccccc4[C@@H]4[C@@H]5c6ccccc6[C@H]3[C@@]1(C(=O)OC)[C@]5([C@@H](C)C(=O)OC)[C@@]42C(=O)OC. The summed E-state index contributed by atoms with van der Waals surface area (Å²) >= 11 is 0. The third-order valence-electron chi connectivity index (χ3n) is 11.5. The Bertz CT molecular complexity index is 1520.